The van der Waals surface area contributed by atoms with Gasteiger partial charge in [0.2, 0.25) is 5.91 Å². The number of halogens is 2. The van der Waals surface area contributed by atoms with Crippen LogP contribution in [0.15, 0.2) is 41.4 Å². The summed E-state index contributed by atoms with van der Waals surface area (Å²) >= 11 is 6.09. The van der Waals surface area contributed by atoms with Gasteiger partial charge in [0.05, 0.1) is 18.5 Å². The molecule has 1 amide bonds. The maximum atomic E-state index is 14.3. The minimum absolute atomic E-state index is 0.0607. The molecule has 0 saturated heterocycles. The summed E-state index contributed by atoms with van der Waals surface area (Å²) in [5.74, 6) is -0.101. The van der Waals surface area contributed by atoms with Crippen molar-refractivity contribution in [3.63, 3.8) is 0 Å². The van der Waals surface area contributed by atoms with Gasteiger partial charge in [0.15, 0.2) is 0 Å². The van der Waals surface area contributed by atoms with E-state index in [1.807, 2.05) is 0 Å². The fourth-order valence-electron chi connectivity index (χ4n) is 2.51. The van der Waals surface area contributed by atoms with Crippen molar-refractivity contribution < 1.29 is 13.9 Å². The fourth-order valence-corrected chi connectivity index (χ4v) is 2.68. The van der Waals surface area contributed by atoms with Crippen molar-refractivity contribution in [2.24, 2.45) is 4.99 Å². The summed E-state index contributed by atoms with van der Waals surface area (Å²) in [6, 6.07) is 9.52. The fraction of sp³-hybridized carbons (Fsp3) is 0.176. The highest BCUT2D eigenvalue weighted by molar-refractivity contribution is 6.32. The molecule has 0 aliphatic carbocycles. The van der Waals surface area contributed by atoms with Gasteiger partial charge in [-0.25, -0.2) is 4.39 Å². The summed E-state index contributed by atoms with van der Waals surface area (Å²) in [6.45, 7) is -0.0607. The molecule has 3 rings (SSSR count). The number of likely N-dealkylation sites (N-methyl/N-ethyl adjacent to an activating group) is 1. The molecule has 118 valence electrons. The number of nitrogens with zero attached hydrogens (tertiary/aromatic N) is 2. The zero-order valence-corrected chi connectivity index (χ0v) is 13.4. The van der Waals surface area contributed by atoms with Crippen LogP contribution in [-0.4, -0.2) is 32.3 Å². The van der Waals surface area contributed by atoms with Gasteiger partial charge in [-0.2, -0.15) is 0 Å². The Hall–Kier alpha value is -2.40. The van der Waals surface area contributed by atoms with Crippen molar-refractivity contribution in [3.05, 3.63) is 58.4 Å². The second kappa shape index (κ2) is 6.01. The molecule has 0 aromatic heterocycles. The molecule has 0 bridgehead atoms. The molecule has 2 aromatic rings. The normalized spacial score (nSPS) is 14.2. The number of fused-ring (bicyclic) bond motifs is 1. The molecule has 1 aliphatic rings. The van der Waals surface area contributed by atoms with Crippen LogP contribution >= 0.6 is 11.6 Å². The third-order valence-electron chi connectivity index (χ3n) is 3.75. The summed E-state index contributed by atoms with van der Waals surface area (Å²) in [5.41, 5.74) is 1.91. The number of hydrogen-bond donors (Lipinski definition) is 0. The maximum Gasteiger partial charge on any atom is 0.248 e. The third-order valence-corrected chi connectivity index (χ3v) is 3.99. The van der Waals surface area contributed by atoms with Gasteiger partial charge in [-0.1, -0.05) is 11.6 Å². The van der Waals surface area contributed by atoms with Gasteiger partial charge in [-0.3, -0.25) is 9.79 Å². The molecule has 23 heavy (non-hydrogen) atoms. The van der Waals surface area contributed by atoms with Gasteiger partial charge in [0.1, 0.15) is 18.1 Å². The number of rotatable bonds is 2. The summed E-state index contributed by atoms with van der Waals surface area (Å²) in [5, 5.41) is 0.488. The number of ether oxygens (including phenoxy) is 1. The number of benzodiazepines with no additional fused rings is 1. The molecule has 0 fully saturated rings. The number of carbonyl (C=O) groups excluding carboxylic acids is 1. The van der Waals surface area contributed by atoms with Gasteiger partial charge in [0, 0.05) is 23.2 Å². The predicted molar refractivity (Wildman–Crippen MR) is 88.3 cm³/mol. The van der Waals surface area contributed by atoms with Crippen LogP contribution in [0.3, 0.4) is 0 Å². The molecule has 1 aliphatic heterocycles. The van der Waals surface area contributed by atoms with Gasteiger partial charge in [-0.15, -0.1) is 0 Å². The van der Waals surface area contributed by atoms with Crippen LogP contribution in [0.2, 0.25) is 5.02 Å². The van der Waals surface area contributed by atoms with Crippen molar-refractivity contribution in [3.8, 4) is 5.75 Å². The van der Waals surface area contributed by atoms with Gasteiger partial charge < -0.3 is 9.64 Å². The SMILES string of the molecule is COc1ccc(F)c(C2=NCC(=O)N(C)c3ccc(Cl)cc32)c1. The van der Waals surface area contributed by atoms with Crippen LogP contribution < -0.4 is 9.64 Å². The van der Waals surface area contributed by atoms with Crippen molar-refractivity contribution >= 4 is 28.9 Å². The summed E-state index contributed by atoms with van der Waals surface area (Å²) in [4.78, 5) is 17.9. The molecule has 0 saturated carbocycles. The molecule has 0 atom stereocenters. The minimum Gasteiger partial charge on any atom is -0.497 e. The van der Waals surface area contributed by atoms with E-state index in [0.29, 0.717) is 27.7 Å². The lowest BCUT2D eigenvalue weighted by molar-refractivity contribution is -0.116. The summed E-state index contributed by atoms with van der Waals surface area (Å²) in [7, 11) is 3.17. The van der Waals surface area contributed by atoms with Crippen molar-refractivity contribution in [2.45, 2.75) is 0 Å². The van der Waals surface area contributed by atoms with E-state index < -0.39 is 5.82 Å². The zero-order chi connectivity index (χ0) is 16.6. The second-order valence-corrected chi connectivity index (χ2v) is 5.56. The summed E-state index contributed by atoms with van der Waals surface area (Å²) < 4.78 is 19.5. The van der Waals surface area contributed by atoms with E-state index in [2.05, 4.69) is 4.99 Å². The standard InChI is InChI=1S/C17H14ClFN2O2/c1-21-15-6-3-10(18)7-13(15)17(20-9-16(21)22)12-8-11(23-2)4-5-14(12)19/h3-8H,9H2,1-2H3. The lowest BCUT2D eigenvalue weighted by atomic mass is 9.99. The monoisotopic (exact) mass is 332 g/mol. The molecule has 0 spiro atoms. The molecular formula is C17H14ClFN2O2. The third kappa shape index (κ3) is 2.80. The Bertz CT molecular complexity index is 820. The number of amides is 1. The first-order valence-electron chi connectivity index (χ1n) is 6.96. The number of aliphatic imine (C=N–C) groups is 1. The number of benzene rings is 2. The Balaban J connectivity index is 2.25. The zero-order valence-electron chi connectivity index (χ0n) is 12.6. The molecule has 0 unspecified atom stereocenters. The molecule has 0 N–H and O–H groups in total. The molecule has 1 heterocycles. The topological polar surface area (TPSA) is 41.9 Å². The highest BCUT2D eigenvalue weighted by atomic mass is 35.5. The lowest BCUT2D eigenvalue weighted by Gasteiger charge is -2.18. The lowest BCUT2D eigenvalue weighted by Crippen LogP contribution is -2.27. The first-order valence-corrected chi connectivity index (χ1v) is 7.34. The maximum absolute atomic E-state index is 14.3. The van der Waals surface area contributed by atoms with Crippen molar-refractivity contribution in [1.29, 1.82) is 0 Å². The molecule has 2 aromatic carbocycles. The Morgan fingerprint density at radius 1 is 1.22 bits per heavy atom. The van der Waals surface area contributed by atoms with E-state index >= 15 is 0 Å². The first kappa shape index (κ1) is 15.5. The van der Waals surface area contributed by atoms with Gasteiger partial charge in [0.25, 0.3) is 0 Å². The van der Waals surface area contributed by atoms with Crippen LogP contribution in [-0.2, 0) is 4.79 Å². The smallest absolute Gasteiger partial charge is 0.248 e. The largest absolute Gasteiger partial charge is 0.497 e. The molecule has 0 radical (unpaired) electrons. The van der Waals surface area contributed by atoms with Crippen molar-refractivity contribution in [1.82, 2.24) is 0 Å². The Labute approximate surface area is 138 Å². The number of hydrogen-bond acceptors (Lipinski definition) is 3. The Morgan fingerprint density at radius 2 is 2.00 bits per heavy atom. The van der Waals surface area contributed by atoms with E-state index in [0.717, 1.165) is 0 Å². The summed E-state index contributed by atoms with van der Waals surface area (Å²) in [6.07, 6.45) is 0. The second-order valence-electron chi connectivity index (χ2n) is 5.12. The van der Waals surface area contributed by atoms with Crippen LogP contribution in [0, 0.1) is 5.82 Å². The average molecular weight is 333 g/mol. The van der Waals surface area contributed by atoms with E-state index in [1.165, 1.54) is 24.1 Å². The first-order chi connectivity index (χ1) is 11.0. The highest BCUT2D eigenvalue weighted by Gasteiger charge is 2.24. The van der Waals surface area contributed by atoms with E-state index in [-0.39, 0.29) is 18.0 Å². The van der Waals surface area contributed by atoms with Crippen LogP contribution in [0.1, 0.15) is 11.1 Å². The highest BCUT2D eigenvalue weighted by Crippen LogP contribution is 2.30. The number of carbonyl (C=O) groups is 1. The van der Waals surface area contributed by atoms with Crippen molar-refractivity contribution in [2.75, 3.05) is 25.6 Å². The van der Waals surface area contributed by atoms with Crippen LogP contribution in [0.5, 0.6) is 5.75 Å². The minimum atomic E-state index is -0.438. The number of methoxy groups -OCH3 is 1. The molecular weight excluding hydrogens is 319 g/mol. The average Bonchev–Trinajstić information content (AvgIpc) is 2.66. The van der Waals surface area contributed by atoms with Gasteiger partial charge in [-0.05, 0) is 36.4 Å². The van der Waals surface area contributed by atoms with Gasteiger partial charge >= 0.3 is 0 Å². The Morgan fingerprint density at radius 3 is 2.74 bits per heavy atom. The predicted octanol–water partition coefficient (Wildman–Crippen LogP) is 3.30. The van der Waals surface area contributed by atoms with E-state index in [9.17, 15) is 9.18 Å². The quantitative estimate of drug-likeness (QED) is 0.846. The van der Waals surface area contributed by atoms with E-state index in [1.54, 1.807) is 31.3 Å². The number of anilines is 1. The van der Waals surface area contributed by atoms with Crippen LogP contribution in [0.25, 0.3) is 0 Å². The van der Waals surface area contributed by atoms with Crippen LogP contribution in [0.4, 0.5) is 10.1 Å². The molecule has 6 heteroatoms. The van der Waals surface area contributed by atoms with E-state index in [4.69, 9.17) is 16.3 Å². The molecule has 4 nitrogen and oxygen atoms in total. The Kier molecular flexibility index (Phi) is 4.05.